The van der Waals surface area contributed by atoms with Gasteiger partial charge in [0.15, 0.2) is 0 Å². The molecule has 1 atom stereocenters. The normalized spacial score (nSPS) is 21.9. The Labute approximate surface area is 106 Å². The minimum absolute atomic E-state index is 0.295. The SMILES string of the molecule is CC1CCC/C(=N\NC(=O)c2cccc(F)c2)C1. The van der Waals surface area contributed by atoms with Gasteiger partial charge in [0, 0.05) is 11.3 Å². The van der Waals surface area contributed by atoms with Crippen molar-refractivity contribution in [3.63, 3.8) is 0 Å². The van der Waals surface area contributed by atoms with Crippen molar-refractivity contribution in [1.82, 2.24) is 5.43 Å². The monoisotopic (exact) mass is 248 g/mol. The summed E-state index contributed by atoms with van der Waals surface area (Å²) in [5, 5.41) is 4.13. The van der Waals surface area contributed by atoms with E-state index in [1.54, 1.807) is 6.07 Å². The van der Waals surface area contributed by atoms with E-state index in [9.17, 15) is 9.18 Å². The number of hydrazone groups is 1. The van der Waals surface area contributed by atoms with Gasteiger partial charge in [0.2, 0.25) is 0 Å². The predicted octanol–water partition coefficient (Wildman–Crippen LogP) is 3.12. The van der Waals surface area contributed by atoms with Crippen LogP contribution in [0.2, 0.25) is 0 Å². The fourth-order valence-corrected chi connectivity index (χ4v) is 2.19. The Morgan fingerprint density at radius 3 is 3.06 bits per heavy atom. The van der Waals surface area contributed by atoms with Crippen molar-refractivity contribution in [2.24, 2.45) is 11.0 Å². The van der Waals surface area contributed by atoms with Gasteiger partial charge in [-0.3, -0.25) is 4.79 Å². The number of carbonyl (C=O) groups excluding carboxylic acids is 1. The Hall–Kier alpha value is -1.71. The molecule has 1 aliphatic carbocycles. The highest BCUT2D eigenvalue weighted by molar-refractivity contribution is 5.95. The molecule has 1 aromatic rings. The number of hydrogen-bond acceptors (Lipinski definition) is 2. The van der Waals surface area contributed by atoms with Crippen molar-refractivity contribution in [2.45, 2.75) is 32.6 Å². The summed E-state index contributed by atoms with van der Waals surface area (Å²) in [6, 6.07) is 5.60. The number of carbonyl (C=O) groups is 1. The summed E-state index contributed by atoms with van der Waals surface area (Å²) < 4.78 is 13.0. The third-order valence-electron chi connectivity index (χ3n) is 3.15. The molecular formula is C14H17FN2O. The summed E-state index contributed by atoms with van der Waals surface area (Å²) >= 11 is 0. The summed E-state index contributed by atoms with van der Waals surface area (Å²) in [4.78, 5) is 11.7. The third kappa shape index (κ3) is 3.39. The first kappa shape index (κ1) is 12.7. The van der Waals surface area contributed by atoms with Gasteiger partial charge in [-0.15, -0.1) is 0 Å². The summed E-state index contributed by atoms with van der Waals surface area (Å²) in [5.74, 6) is -0.148. The molecule has 1 unspecified atom stereocenters. The Kier molecular flexibility index (Phi) is 4.07. The minimum atomic E-state index is -0.415. The molecule has 0 heterocycles. The maximum atomic E-state index is 13.0. The lowest BCUT2D eigenvalue weighted by molar-refractivity contribution is 0.0954. The maximum absolute atomic E-state index is 13.0. The van der Waals surface area contributed by atoms with Crippen LogP contribution in [0.15, 0.2) is 29.4 Å². The molecule has 1 fully saturated rings. The van der Waals surface area contributed by atoms with Crippen LogP contribution >= 0.6 is 0 Å². The number of nitrogens with one attached hydrogen (secondary N) is 1. The average Bonchev–Trinajstić information content (AvgIpc) is 2.36. The summed E-state index contributed by atoms with van der Waals surface area (Å²) in [7, 11) is 0. The standard InChI is InChI=1S/C14H17FN2O/c1-10-4-2-7-13(8-10)16-17-14(18)11-5-3-6-12(15)9-11/h3,5-6,9-10H,2,4,7-8H2,1H3,(H,17,18)/b16-13+. The van der Waals surface area contributed by atoms with E-state index >= 15 is 0 Å². The summed E-state index contributed by atoms with van der Waals surface area (Å²) in [6.45, 7) is 2.18. The van der Waals surface area contributed by atoms with Crippen LogP contribution in [0.25, 0.3) is 0 Å². The van der Waals surface area contributed by atoms with Gasteiger partial charge in [0.25, 0.3) is 5.91 Å². The number of amides is 1. The van der Waals surface area contributed by atoms with Crippen LogP contribution < -0.4 is 5.43 Å². The minimum Gasteiger partial charge on any atom is -0.267 e. The van der Waals surface area contributed by atoms with Gasteiger partial charge < -0.3 is 0 Å². The highest BCUT2D eigenvalue weighted by Gasteiger charge is 2.14. The first-order chi connectivity index (χ1) is 8.65. The molecule has 1 amide bonds. The van der Waals surface area contributed by atoms with Crippen molar-refractivity contribution in [2.75, 3.05) is 0 Å². The van der Waals surface area contributed by atoms with Crippen LogP contribution in [0, 0.1) is 11.7 Å². The van der Waals surface area contributed by atoms with Gasteiger partial charge in [-0.25, -0.2) is 9.82 Å². The van der Waals surface area contributed by atoms with Crippen LogP contribution in [0.1, 0.15) is 43.0 Å². The smallest absolute Gasteiger partial charge is 0.267 e. The van der Waals surface area contributed by atoms with E-state index in [0.717, 1.165) is 25.0 Å². The van der Waals surface area contributed by atoms with Crippen LogP contribution in [0.4, 0.5) is 4.39 Å². The zero-order valence-corrected chi connectivity index (χ0v) is 10.4. The fourth-order valence-electron chi connectivity index (χ4n) is 2.19. The number of benzene rings is 1. The van der Waals surface area contributed by atoms with E-state index in [-0.39, 0.29) is 5.91 Å². The van der Waals surface area contributed by atoms with Gasteiger partial charge in [-0.2, -0.15) is 5.10 Å². The zero-order valence-electron chi connectivity index (χ0n) is 10.4. The second-order valence-electron chi connectivity index (χ2n) is 4.83. The lowest BCUT2D eigenvalue weighted by Gasteiger charge is -2.18. The van der Waals surface area contributed by atoms with Gasteiger partial charge >= 0.3 is 0 Å². The lowest BCUT2D eigenvalue weighted by Crippen LogP contribution is -2.22. The molecule has 18 heavy (non-hydrogen) atoms. The molecule has 1 saturated carbocycles. The van der Waals surface area contributed by atoms with Gasteiger partial charge in [0.1, 0.15) is 5.82 Å². The van der Waals surface area contributed by atoms with E-state index in [1.807, 2.05) is 0 Å². The number of nitrogens with zero attached hydrogens (tertiary/aromatic N) is 1. The number of hydrogen-bond donors (Lipinski definition) is 1. The van der Waals surface area contributed by atoms with Crippen LogP contribution in [-0.4, -0.2) is 11.6 Å². The number of halogens is 1. The van der Waals surface area contributed by atoms with E-state index < -0.39 is 5.82 Å². The maximum Gasteiger partial charge on any atom is 0.271 e. The van der Waals surface area contributed by atoms with Crippen molar-refractivity contribution >= 4 is 11.6 Å². The second-order valence-corrected chi connectivity index (χ2v) is 4.83. The Bertz CT molecular complexity index is 471. The predicted molar refractivity (Wildman–Crippen MR) is 68.9 cm³/mol. The van der Waals surface area contributed by atoms with E-state index in [0.29, 0.717) is 11.5 Å². The molecule has 0 saturated heterocycles. The molecule has 1 N–H and O–H groups in total. The molecule has 96 valence electrons. The first-order valence-corrected chi connectivity index (χ1v) is 6.26. The van der Waals surface area contributed by atoms with E-state index in [4.69, 9.17) is 0 Å². The molecule has 4 heteroatoms. The summed E-state index contributed by atoms with van der Waals surface area (Å²) in [6.07, 6.45) is 4.21. The highest BCUT2D eigenvalue weighted by Crippen LogP contribution is 2.20. The molecule has 2 rings (SSSR count). The van der Waals surface area contributed by atoms with Crippen LogP contribution in [0.3, 0.4) is 0 Å². The largest absolute Gasteiger partial charge is 0.271 e. The van der Waals surface area contributed by atoms with Crippen LogP contribution in [-0.2, 0) is 0 Å². The highest BCUT2D eigenvalue weighted by atomic mass is 19.1. The average molecular weight is 248 g/mol. The number of rotatable bonds is 2. The molecule has 1 aliphatic rings. The van der Waals surface area contributed by atoms with E-state index in [1.165, 1.54) is 24.6 Å². The fraction of sp³-hybridized carbons (Fsp3) is 0.429. The molecule has 0 aliphatic heterocycles. The van der Waals surface area contributed by atoms with Crippen LogP contribution in [0.5, 0.6) is 0 Å². The summed E-state index contributed by atoms with van der Waals surface area (Å²) in [5.41, 5.74) is 3.82. The molecule has 3 nitrogen and oxygen atoms in total. The van der Waals surface area contributed by atoms with Crippen molar-refractivity contribution in [1.29, 1.82) is 0 Å². The zero-order chi connectivity index (χ0) is 13.0. The molecule has 0 bridgehead atoms. The van der Waals surface area contributed by atoms with Gasteiger partial charge in [-0.05, 0) is 49.8 Å². The van der Waals surface area contributed by atoms with Gasteiger partial charge in [0.05, 0.1) is 0 Å². The van der Waals surface area contributed by atoms with Gasteiger partial charge in [-0.1, -0.05) is 13.0 Å². The third-order valence-corrected chi connectivity index (χ3v) is 3.15. The Morgan fingerprint density at radius 2 is 2.33 bits per heavy atom. The topological polar surface area (TPSA) is 41.5 Å². The molecular weight excluding hydrogens is 231 g/mol. The van der Waals surface area contributed by atoms with Crippen molar-refractivity contribution in [3.05, 3.63) is 35.6 Å². The lowest BCUT2D eigenvalue weighted by atomic mass is 9.89. The first-order valence-electron chi connectivity index (χ1n) is 6.26. The second kappa shape index (κ2) is 5.76. The Balaban J connectivity index is 1.97. The molecule has 0 radical (unpaired) electrons. The Morgan fingerprint density at radius 1 is 1.50 bits per heavy atom. The molecule has 1 aromatic carbocycles. The quantitative estimate of drug-likeness (QED) is 0.803. The molecule has 0 spiro atoms. The van der Waals surface area contributed by atoms with E-state index in [2.05, 4.69) is 17.5 Å². The van der Waals surface area contributed by atoms with Crippen molar-refractivity contribution < 1.29 is 9.18 Å². The van der Waals surface area contributed by atoms with Crippen molar-refractivity contribution in [3.8, 4) is 0 Å². The molecule has 0 aromatic heterocycles.